The molecule has 0 saturated carbocycles. The Bertz CT molecular complexity index is 445. The molecule has 0 aromatic heterocycles. The molecule has 1 N–H and O–H groups in total. The highest BCUT2D eigenvalue weighted by molar-refractivity contribution is 5.80. The Labute approximate surface area is 128 Å². The molecule has 0 spiro atoms. The van der Waals surface area contributed by atoms with Gasteiger partial charge in [-0.15, -0.1) is 0 Å². The van der Waals surface area contributed by atoms with Gasteiger partial charge in [0.05, 0.1) is 7.11 Å². The number of carbonyl (C=O) groups excluding carboxylic acids is 1. The number of esters is 1. The molecule has 4 nitrogen and oxygen atoms in total. The predicted molar refractivity (Wildman–Crippen MR) is 87.8 cm³/mol. The van der Waals surface area contributed by atoms with E-state index < -0.39 is 5.54 Å². The minimum Gasteiger partial charge on any atom is -0.468 e. The van der Waals surface area contributed by atoms with Crippen LogP contribution in [0.25, 0.3) is 0 Å². The van der Waals surface area contributed by atoms with Crippen molar-refractivity contribution in [1.82, 2.24) is 5.32 Å². The molecule has 21 heavy (non-hydrogen) atoms. The zero-order valence-corrected chi connectivity index (χ0v) is 13.9. The van der Waals surface area contributed by atoms with E-state index in [0.29, 0.717) is 0 Å². The number of carbonyl (C=O) groups is 1. The van der Waals surface area contributed by atoms with Crippen LogP contribution in [0.15, 0.2) is 24.3 Å². The van der Waals surface area contributed by atoms with Crippen LogP contribution in [0, 0.1) is 6.92 Å². The quantitative estimate of drug-likeness (QED) is 0.591. The second kappa shape index (κ2) is 8.03. The monoisotopic (exact) mass is 292 g/mol. The molecule has 1 aromatic rings. The number of unbranched alkanes of at least 4 members (excludes halogenated alkanes) is 1. The highest BCUT2D eigenvalue weighted by atomic mass is 16.5. The zero-order valence-electron chi connectivity index (χ0n) is 13.9. The predicted octanol–water partition coefficient (Wildman–Crippen LogP) is 2.75. The molecule has 118 valence electrons. The minimum atomic E-state index is -0.586. The lowest BCUT2D eigenvalue weighted by Crippen LogP contribution is -2.48. The van der Waals surface area contributed by atoms with E-state index in [0.717, 1.165) is 25.8 Å². The molecular weight excluding hydrogens is 264 g/mol. The summed E-state index contributed by atoms with van der Waals surface area (Å²) in [4.78, 5) is 14.0. The van der Waals surface area contributed by atoms with Crippen LogP contribution in [0.2, 0.25) is 0 Å². The summed E-state index contributed by atoms with van der Waals surface area (Å²) in [7, 11) is 5.33. The number of hydrogen-bond donors (Lipinski definition) is 1. The summed E-state index contributed by atoms with van der Waals surface area (Å²) >= 11 is 0. The third kappa shape index (κ3) is 5.05. The van der Waals surface area contributed by atoms with Crippen LogP contribution in [0.4, 0.5) is 5.69 Å². The first-order valence-electron chi connectivity index (χ1n) is 7.48. The van der Waals surface area contributed by atoms with E-state index >= 15 is 0 Å². The van der Waals surface area contributed by atoms with Gasteiger partial charge in [0, 0.05) is 19.3 Å². The van der Waals surface area contributed by atoms with E-state index in [4.69, 9.17) is 4.74 Å². The Morgan fingerprint density at radius 1 is 1.29 bits per heavy atom. The fraction of sp³-hybridized carbons (Fsp3) is 0.588. The molecule has 0 bridgehead atoms. The van der Waals surface area contributed by atoms with Crippen LogP contribution < -0.4 is 10.2 Å². The second-order valence-electron chi connectivity index (χ2n) is 5.79. The summed E-state index contributed by atoms with van der Waals surface area (Å²) in [5, 5.41) is 3.07. The fourth-order valence-electron chi connectivity index (χ4n) is 2.31. The number of anilines is 1. The molecule has 1 aromatic carbocycles. The van der Waals surface area contributed by atoms with E-state index in [1.54, 1.807) is 7.05 Å². The van der Waals surface area contributed by atoms with E-state index in [9.17, 15) is 4.79 Å². The molecule has 0 aliphatic heterocycles. The van der Waals surface area contributed by atoms with Gasteiger partial charge in [0.15, 0.2) is 0 Å². The summed E-state index contributed by atoms with van der Waals surface area (Å²) in [6.45, 7) is 4.96. The maximum absolute atomic E-state index is 11.8. The van der Waals surface area contributed by atoms with E-state index in [2.05, 4.69) is 48.5 Å². The maximum atomic E-state index is 11.8. The third-order valence-electron chi connectivity index (χ3n) is 4.08. The number of rotatable bonds is 8. The lowest BCUT2D eigenvalue weighted by atomic mass is 9.95. The second-order valence-corrected chi connectivity index (χ2v) is 5.79. The molecule has 0 amide bonds. The summed E-state index contributed by atoms with van der Waals surface area (Å²) < 4.78 is 4.85. The van der Waals surface area contributed by atoms with Crippen molar-refractivity contribution >= 4 is 11.7 Å². The van der Waals surface area contributed by atoms with Crippen molar-refractivity contribution in [3.8, 4) is 0 Å². The summed E-state index contributed by atoms with van der Waals surface area (Å²) in [5.41, 5.74) is 1.91. The van der Waals surface area contributed by atoms with Gasteiger partial charge in [-0.3, -0.25) is 4.79 Å². The van der Waals surface area contributed by atoms with Crippen LogP contribution in [0.1, 0.15) is 31.7 Å². The summed E-state index contributed by atoms with van der Waals surface area (Å²) in [6.07, 6.45) is 2.79. The van der Waals surface area contributed by atoms with Gasteiger partial charge in [-0.25, -0.2) is 0 Å². The number of nitrogens with zero attached hydrogens (tertiary/aromatic N) is 1. The van der Waals surface area contributed by atoms with Gasteiger partial charge in [-0.1, -0.05) is 17.7 Å². The van der Waals surface area contributed by atoms with Crippen molar-refractivity contribution in [3.63, 3.8) is 0 Å². The van der Waals surface area contributed by atoms with Gasteiger partial charge in [0.25, 0.3) is 0 Å². The molecule has 1 unspecified atom stereocenters. The topological polar surface area (TPSA) is 41.6 Å². The molecule has 0 heterocycles. The van der Waals surface area contributed by atoms with E-state index in [1.165, 1.54) is 18.4 Å². The number of benzene rings is 1. The standard InChI is InChI=1S/C17H28N2O2/c1-14-8-10-15(11-9-14)19(4)13-7-6-12-17(2,18-3)16(20)21-5/h8-11,18H,6-7,12-13H2,1-5H3. The number of aryl methyl sites for hydroxylation is 1. The maximum Gasteiger partial charge on any atom is 0.325 e. The van der Waals surface area contributed by atoms with Crippen molar-refractivity contribution in [1.29, 1.82) is 0 Å². The third-order valence-corrected chi connectivity index (χ3v) is 4.08. The van der Waals surface area contributed by atoms with Crippen molar-refractivity contribution in [2.24, 2.45) is 0 Å². The van der Waals surface area contributed by atoms with Crippen molar-refractivity contribution in [2.45, 2.75) is 38.6 Å². The molecule has 0 saturated heterocycles. The summed E-state index contributed by atoms with van der Waals surface area (Å²) in [6, 6.07) is 8.53. The Morgan fingerprint density at radius 2 is 1.90 bits per heavy atom. The number of likely N-dealkylation sites (N-methyl/N-ethyl adjacent to an activating group) is 1. The van der Waals surface area contributed by atoms with Crippen LogP contribution in [-0.2, 0) is 9.53 Å². The highest BCUT2D eigenvalue weighted by Crippen LogP contribution is 2.17. The van der Waals surface area contributed by atoms with Crippen LogP contribution in [0.5, 0.6) is 0 Å². The first-order chi connectivity index (χ1) is 9.92. The Balaban J connectivity index is 2.39. The molecule has 0 aliphatic carbocycles. The van der Waals surface area contributed by atoms with Crippen LogP contribution in [0.3, 0.4) is 0 Å². The molecule has 1 rings (SSSR count). The van der Waals surface area contributed by atoms with Crippen LogP contribution in [-0.4, -0.2) is 39.3 Å². The highest BCUT2D eigenvalue weighted by Gasteiger charge is 2.31. The molecule has 0 fully saturated rings. The smallest absolute Gasteiger partial charge is 0.325 e. The van der Waals surface area contributed by atoms with Gasteiger partial charge in [0.2, 0.25) is 0 Å². The Kier molecular flexibility index (Phi) is 6.69. The minimum absolute atomic E-state index is 0.197. The van der Waals surface area contributed by atoms with Crippen molar-refractivity contribution in [2.75, 3.05) is 32.6 Å². The first kappa shape index (κ1) is 17.5. The van der Waals surface area contributed by atoms with Gasteiger partial charge in [-0.05, 0) is 52.3 Å². The number of methoxy groups -OCH3 is 1. The van der Waals surface area contributed by atoms with Gasteiger partial charge in [-0.2, -0.15) is 0 Å². The van der Waals surface area contributed by atoms with Gasteiger partial charge in [0.1, 0.15) is 5.54 Å². The molecule has 0 radical (unpaired) electrons. The zero-order chi connectivity index (χ0) is 15.9. The van der Waals surface area contributed by atoms with Crippen LogP contribution >= 0.6 is 0 Å². The van der Waals surface area contributed by atoms with Gasteiger partial charge < -0.3 is 15.0 Å². The van der Waals surface area contributed by atoms with E-state index in [1.807, 2.05) is 6.92 Å². The number of hydrogen-bond acceptors (Lipinski definition) is 4. The molecule has 1 atom stereocenters. The average Bonchev–Trinajstić information content (AvgIpc) is 2.50. The molecule has 0 aliphatic rings. The lowest BCUT2D eigenvalue weighted by Gasteiger charge is -2.26. The lowest BCUT2D eigenvalue weighted by molar-refractivity contribution is -0.148. The Hall–Kier alpha value is -1.55. The van der Waals surface area contributed by atoms with E-state index in [-0.39, 0.29) is 5.97 Å². The Morgan fingerprint density at radius 3 is 2.43 bits per heavy atom. The fourth-order valence-corrected chi connectivity index (χ4v) is 2.31. The van der Waals surface area contributed by atoms with Gasteiger partial charge >= 0.3 is 5.97 Å². The number of nitrogens with one attached hydrogen (secondary N) is 1. The first-order valence-corrected chi connectivity index (χ1v) is 7.48. The molecular formula is C17H28N2O2. The average molecular weight is 292 g/mol. The summed E-state index contributed by atoms with van der Waals surface area (Å²) in [5.74, 6) is -0.197. The molecule has 4 heteroatoms. The number of ether oxygens (including phenoxy) is 1. The SMILES string of the molecule is CNC(C)(CCCCN(C)c1ccc(C)cc1)C(=O)OC. The van der Waals surface area contributed by atoms with Crippen molar-refractivity contribution < 1.29 is 9.53 Å². The van der Waals surface area contributed by atoms with Crippen molar-refractivity contribution in [3.05, 3.63) is 29.8 Å². The normalized spacial score (nSPS) is 13.6. The largest absolute Gasteiger partial charge is 0.468 e.